The first-order chi connectivity index (χ1) is 26.2. The number of rotatable bonds is 26. The number of nitrogens with two attached hydrogens (primary N) is 1. The van der Waals surface area contributed by atoms with E-state index in [1.54, 1.807) is 13.8 Å². The third-order valence-electron chi connectivity index (χ3n) is 10.1. The molecule has 18 heteroatoms. The SMILES string of the molecule is CCCCCCCCCCC(N)C(=O)NC(CCCCNC(=O)CCC(=O)N[C@@H]1OC(CO)[C@H](O[C@@H]2OC(CO)[C@H](O)[C@H](O)C2O)[C@H](O)C1O)C(=O)C(C)C. The van der Waals surface area contributed by atoms with Gasteiger partial charge in [0.05, 0.1) is 25.3 Å². The van der Waals surface area contributed by atoms with Gasteiger partial charge in [0, 0.05) is 25.3 Å². The van der Waals surface area contributed by atoms with Crippen molar-refractivity contribution in [3.05, 3.63) is 0 Å². The maximum atomic E-state index is 12.8. The number of unbranched alkanes of at least 4 members (excludes halogenated alkanes) is 8. The minimum absolute atomic E-state index is 0.0931. The summed E-state index contributed by atoms with van der Waals surface area (Å²) in [6.45, 7) is 4.49. The fraction of sp³-hybridized carbons (Fsp3) is 0.892. The Morgan fingerprint density at radius 2 is 1.31 bits per heavy atom. The van der Waals surface area contributed by atoms with Gasteiger partial charge in [-0.3, -0.25) is 19.2 Å². The zero-order valence-corrected chi connectivity index (χ0v) is 32.6. The molecule has 0 aromatic heterocycles. The van der Waals surface area contributed by atoms with Crippen molar-refractivity contribution >= 4 is 23.5 Å². The molecule has 2 saturated heterocycles. The second-order valence-corrected chi connectivity index (χ2v) is 15.0. The number of Topliss-reactive ketones (excluding diaryl/α,β-unsaturated/α-hetero) is 1. The van der Waals surface area contributed by atoms with Crippen LogP contribution >= 0.6 is 0 Å². The quantitative estimate of drug-likeness (QED) is 0.0438. The van der Waals surface area contributed by atoms with E-state index in [1.165, 1.54) is 32.1 Å². The van der Waals surface area contributed by atoms with E-state index >= 15 is 0 Å². The highest BCUT2D eigenvalue weighted by atomic mass is 16.7. The lowest BCUT2D eigenvalue weighted by Gasteiger charge is -2.46. The van der Waals surface area contributed by atoms with E-state index in [2.05, 4.69) is 22.9 Å². The number of carbonyl (C=O) groups is 4. The lowest BCUT2D eigenvalue weighted by Crippen LogP contribution is -2.66. The van der Waals surface area contributed by atoms with Crippen LogP contribution in [0.2, 0.25) is 0 Å². The van der Waals surface area contributed by atoms with Gasteiger partial charge in [0.15, 0.2) is 18.3 Å². The van der Waals surface area contributed by atoms with Gasteiger partial charge in [-0.25, -0.2) is 0 Å². The lowest BCUT2D eigenvalue weighted by molar-refractivity contribution is -0.343. The molecule has 0 aliphatic carbocycles. The van der Waals surface area contributed by atoms with Crippen LogP contribution in [-0.4, -0.2) is 152 Å². The van der Waals surface area contributed by atoms with Crippen molar-refractivity contribution in [1.29, 1.82) is 0 Å². The summed E-state index contributed by atoms with van der Waals surface area (Å²) in [5.74, 6) is -1.87. The number of hydrogen-bond acceptors (Lipinski definition) is 15. The van der Waals surface area contributed by atoms with Crippen LogP contribution in [0, 0.1) is 5.92 Å². The van der Waals surface area contributed by atoms with Crippen LogP contribution in [0.15, 0.2) is 0 Å². The molecule has 0 spiro atoms. The summed E-state index contributed by atoms with van der Waals surface area (Å²) in [6.07, 6.45) is -5.69. The van der Waals surface area contributed by atoms with Crippen LogP contribution in [0.5, 0.6) is 0 Å². The molecule has 2 fully saturated rings. The van der Waals surface area contributed by atoms with Crippen molar-refractivity contribution in [2.24, 2.45) is 11.7 Å². The Hall–Kier alpha value is -2.36. The molecule has 0 saturated carbocycles. The van der Waals surface area contributed by atoms with Crippen molar-refractivity contribution in [2.75, 3.05) is 19.8 Å². The number of aliphatic hydroxyl groups is 7. The number of ether oxygens (including phenoxy) is 3. The van der Waals surface area contributed by atoms with Gasteiger partial charge in [0.25, 0.3) is 0 Å². The maximum Gasteiger partial charge on any atom is 0.237 e. The third-order valence-corrected chi connectivity index (χ3v) is 10.1. The molecule has 2 aliphatic heterocycles. The Balaban J connectivity index is 1.73. The van der Waals surface area contributed by atoms with Gasteiger partial charge in [0.2, 0.25) is 17.7 Å². The maximum absolute atomic E-state index is 12.8. The summed E-state index contributed by atoms with van der Waals surface area (Å²) in [7, 11) is 0. The van der Waals surface area contributed by atoms with E-state index in [4.69, 9.17) is 19.9 Å². The topological polar surface area (TPSA) is 300 Å². The highest BCUT2D eigenvalue weighted by Gasteiger charge is 2.50. The van der Waals surface area contributed by atoms with E-state index in [0.717, 1.165) is 19.3 Å². The summed E-state index contributed by atoms with van der Waals surface area (Å²) in [5, 5.41) is 78.8. The van der Waals surface area contributed by atoms with Crippen LogP contribution in [0.3, 0.4) is 0 Å². The fourth-order valence-electron chi connectivity index (χ4n) is 6.55. The molecule has 2 heterocycles. The molecule has 0 radical (unpaired) electrons. The second-order valence-electron chi connectivity index (χ2n) is 15.0. The molecule has 320 valence electrons. The van der Waals surface area contributed by atoms with Crippen molar-refractivity contribution < 1.29 is 69.1 Å². The summed E-state index contributed by atoms with van der Waals surface area (Å²) < 4.78 is 16.3. The summed E-state index contributed by atoms with van der Waals surface area (Å²) in [6, 6.07) is -1.38. The number of amides is 3. The minimum atomic E-state index is -1.82. The van der Waals surface area contributed by atoms with E-state index in [-0.39, 0.29) is 37.0 Å². The number of nitrogens with one attached hydrogen (secondary N) is 3. The van der Waals surface area contributed by atoms with E-state index in [9.17, 15) is 54.9 Å². The van der Waals surface area contributed by atoms with Gasteiger partial charge in [0.1, 0.15) is 48.8 Å². The molecule has 12 atom stereocenters. The average molecular weight is 793 g/mol. The van der Waals surface area contributed by atoms with Gasteiger partial charge in [-0.2, -0.15) is 0 Å². The zero-order valence-electron chi connectivity index (χ0n) is 32.6. The van der Waals surface area contributed by atoms with Crippen molar-refractivity contribution in [1.82, 2.24) is 16.0 Å². The predicted octanol–water partition coefficient (Wildman–Crippen LogP) is -1.64. The zero-order chi connectivity index (χ0) is 41.1. The molecule has 6 unspecified atom stereocenters. The Kier molecular flexibility index (Phi) is 22.9. The van der Waals surface area contributed by atoms with E-state index < -0.39 is 98.5 Å². The van der Waals surface area contributed by atoms with Gasteiger partial charge in [-0.05, 0) is 25.7 Å². The number of aliphatic hydroxyl groups excluding tert-OH is 7. The van der Waals surface area contributed by atoms with Gasteiger partial charge in [-0.1, -0.05) is 72.1 Å². The molecule has 0 aromatic rings. The Morgan fingerprint density at radius 3 is 1.93 bits per heavy atom. The average Bonchev–Trinajstić information content (AvgIpc) is 3.16. The number of ketones is 1. The van der Waals surface area contributed by atoms with Crippen LogP contribution in [0.25, 0.3) is 0 Å². The van der Waals surface area contributed by atoms with E-state index in [0.29, 0.717) is 25.7 Å². The third kappa shape index (κ3) is 16.2. The first kappa shape index (κ1) is 48.8. The van der Waals surface area contributed by atoms with Crippen LogP contribution in [0.1, 0.15) is 111 Å². The normalized spacial score (nSPS) is 29.4. The van der Waals surface area contributed by atoms with Crippen LogP contribution in [-0.2, 0) is 33.4 Å². The molecule has 0 aromatic carbocycles. The predicted molar refractivity (Wildman–Crippen MR) is 198 cm³/mol. The van der Waals surface area contributed by atoms with Gasteiger partial charge < -0.3 is 71.6 Å². The Morgan fingerprint density at radius 1 is 0.709 bits per heavy atom. The lowest BCUT2D eigenvalue weighted by atomic mass is 9.96. The van der Waals surface area contributed by atoms with Crippen molar-refractivity contribution in [3.8, 4) is 0 Å². The molecule has 2 rings (SSSR count). The number of hydrogen-bond donors (Lipinski definition) is 11. The minimum Gasteiger partial charge on any atom is -0.394 e. The molecule has 18 nitrogen and oxygen atoms in total. The summed E-state index contributed by atoms with van der Waals surface area (Å²) >= 11 is 0. The molecule has 12 N–H and O–H groups in total. The summed E-state index contributed by atoms with van der Waals surface area (Å²) in [4.78, 5) is 50.7. The first-order valence-corrected chi connectivity index (χ1v) is 19.9. The molecule has 0 bridgehead atoms. The largest absolute Gasteiger partial charge is 0.394 e. The monoisotopic (exact) mass is 792 g/mol. The fourth-order valence-corrected chi connectivity index (χ4v) is 6.55. The van der Waals surface area contributed by atoms with Gasteiger partial charge in [-0.15, -0.1) is 0 Å². The smallest absolute Gasteiger partial charge is 0.237 e. The molecular formula is C37H68N4O14. The standard InChI is InChI=1S/C37H68N4O14/c1-4-5-6-7-8-9-10-11-14-22(38)35(52)40-23(28(46)21(2)3)15-12-13-18-39-26(44)16-17-27(45)41-36-32(50)31(49)34(25(20-43)53-36)55-37-33(51)30(48)29(47)24(19-42)54-37/h21-25,29-34,36-37,42-43,47-51H,4-20,38H2,1-3H3,(H,39,44)(H,40,52)(H,41,45)/t22?,23?,24?,25?,29-,30-,31+,32?,33?,34-,36+,37-/m0/s1. The number of carbonyl (C=O) groups excluding carboxylic acids is 4. The Bertz CT molecular complexity index is 1150. The highest BCUT2D eigenvalue weighted by Crippen LogP contribution is 2.28. The van der Waals surface area contributed by atoms with E-state index in [1.807, 2.05) is 0 Å². The van der Waals surface area contributed by atoms with Crippen LogP contribution < -0.4 is 21.7 Å². The highest BCUT2D eigenvalue weighted by molar-refractivity contribution is 5.91. The molecule has 55 heavy (non-hydrogen) atoms. The van der Waals surface area contributed by atoms with Crippen molar-refractivity contribution in [2.45, 2.75) is 184 Å². The Labute approximate surface area is 323 Å². The molecule has 3 amide bonds. The second kappa shape index (κ2) is 25.8. The molecular weight excluding hydrogens is 724 g/mol. The summed E-state index contributed by atoms with van der Waals surface area (Å²) in [5.41, 5.74) is 6.14. The van der Waals surface area contributed by atoms with Gasteiger partial charge >= 0.3 is 0 Å². The first-order valence-electron chi connectivity index (χ1n) is 19.9. The molecule has 2 aliphatic rings. The van der Waals surface area contributed by atoms with Crippen molar-refractivity contribution in [3.63, 3.8) is 0 Å². The van der Waals surface area contributed by atoms with Crippen LogP contribution in [0.4, 0.5) is 0 Å².